The molecule has 1 amide bonds. The van der Waals surface area contributed by atoms with Gasteiger partial charge in [0.05, 0.1) is 12.2 Å². The van der Waals surface area contributed by atoms with E-state index in [9.17, 15) is 9.90 Å². The molecule has 0 radical (unpaired) electrons. The smallest absolute Gasteiger partial charge is 0.251 e. The van der Waals surface area contributed by atoms with Gasteiger partial charge in [-0.2, -0.15) is 0 Å². The molecule has 1 saturated heterocycles. The van der Waals surface area contributed by atoms with E-state index in [-0.39, 0.29) is 23.9 Å². The van der Waals surface area contributed by atoms with Gasteiger partial charge in [-0.1, -0.05) is 6.07 Å². The van der Waals surface area contributed by atoms with Gasteiger partial charge in [0.1, 0.15) is 5.75 Å². The maximum Gasteiger partial charge on any atom is 0.251 e. The second kappa shape index (κ2) is 7.43. The first-order valence-corrected chi connectivity index (χ1v) is 7.49. The number of phenolic OH excluding ortho intramolecular Hbond substituents is 1. The molecule has 1 aromatic rings. The van der Waals surface area contributed by atoms with Crippen LogP contribution in [0.5, 0.6) is 5.75 Å². The van der Waals surface area contributed by atoms with E-state index in [0.29, 0.717) is 12.1 Å². The molecule has 0 aromatic heterocycles. The number of nitrogens with one attached hydrogen (secondary N) is 1. The van der Waals surface area contributed by atoms with Crippen LogP contribution >= 0.6 is 0 Å². The highest BCUT2D eigenvalue weighted by Crippen LogP contribution is 2.11. The topological polar surface area (TPSA) is 61.8 Å². The predicted octanol–water partition coefficient (Wildman–Crippen LogP) is 1.62. The predicted molar refractivity (Wildman–Crippen MR) is 81.5 cm³/mol. The monoisotopic (exact) mass is 292 g/mol. The van der Waals surface area contributed by atoms with Gasteiger partial charge in [0.2, 0.25) is 0 Å². The molecule has 1 heterocycles. The molecule has 0 unspecified atom stereocenters. The summed E-state index contributed by atoms with van der Waals surface area (Å²) in [5, 5.41) is 12.2. The van der Waals surface area contributed by atoms with Crippen molar-refractivity contribution in [1.82, 2.24) is 10.2 Å². The third kappa shape index (κ3) is 5.02. The Morgan fingerprint density at radius 2 is 2.10 bits per heavy atom. The van der Waals surface area contributed by atoms with Crippen LogP contribution in [0.2, 0.25) is 0 Å². The van der Waals surface area contributed by atoms with Crippen LogP contribution < -0.4 is 5.32 Å². The minimum atomic E-state index is -0.144. The summed E-state index contributed by atoms with van der Waals surface area (Å²) in [4.78, 5) is 14.3. The number of ether oxygens (including phenoxy) is 1. The standard InChI is InChI=1S/C16H24N2O3/c1-12-10-18(11-13(2)21-12)8-4-7-17-16(20)14-5-3-6-15(19)9-14/h3,5-6,9,12-13,19H,4,7-8,10-11H2,1-2H3,(H,17,20)/t12-,13+. The normalized spacial score (nSPS) is 23.0. The second-order valence-electron chi connectivity index (χ2n) is 5.68. The largest absolute Gasteiger partial charge is 0.508 e. The molecule has 5 heteroatoms. The molecule has 1 aliphatic rings. The molecule has 116 valence electrons. The molecular formula is C16H24N2O3. The van der Waals surface area contributed by atoms with Gasteiger partial charge >= 0.3 is 0 Å². The van der Waals surface area contributed by atoms with Crippen LogP contribution in [-0.2, 0) is 4.74 Å². The number of phenols is 1. The molecule has 2 atom stereocenters. The number of morpholine rings is 1. The van der Waals surface area contributed by atoms with E-state index >= 15 is 0 Å². The van der Waals surface area contributed by atoms with Crippen LogP contribution in [0.1, 0.15) is 30.6 Å². The molecule has 0 aliphatic carbocycles. The Hall–Kier alpha value is -1.59. The third-order valence-corrected chi connectivity index (χ3v) is 3.54. The van der Waals surface area contributed by atoms with Crippen molar-refractivity contribution >= 4 is 5.91 Å². The minimum absolute atomic E-state index is 0.110. The second-order valence-corrected chi connectivity index (χ2v) is 5.68. The van der Waals surface area contributed by atoms with Crippen LogP contribution in [-0.4, -0.2) is 54.3 Å². The van der Waals surface area contributed by atoms with Crippen LogP contribution in [0.3, 0.4) is 0 Å². The maximum atomic E-state index is 11.9. The molecule has 21 heavy (non-hydrogen) atoms. The number of hydrogen-bond donors (Lipinski definition) is 2. The summed E-state index contributed by atoms with van der Waals surface area (Å²) in [6.45, 7) is 7.67. The van der Waals surface area contributed by atoms with Crippen LogP contribution in [0.15, 0.2) is 24.3 Å². The number of hydrogen-bond acceptors (Lipinski definition) is 4. The molecule has 1 fully saturated rings. The molecule has 1 aromatic carbocycles. The lowest BCUT2D eigenvalue weighted by Gasteiger charge is -2.35. The molecule has 2 N–H and O–H groups in total. The molecule has 1 aliphatic heterocycles. The fourth-order valence-electron chi connectivity index (χ4n) is 2.72. The van der Waals surface area contributed by atoms with E-state index in [1.807, 2.05) is 0 Å². The van der Waals surface area contributed by atoms with Gasteiger partial charge in [-0.3, -0.25) is 9.69 Å². The zero-order chi connectivity index (χ0) is 15.2. The Labute approximate surface area is 125 Å². The summed E-state index contributed by atoms with van der Waals surface area (Å²) in [6.07, 6.45) is 1.45. The highest BCUT2D eigenvalue weighted by molar-refractivity contribution is 5.94. The number of carbonyl (C=O) groups excluding carboxylic acids is 1. The Balaban J connectivity index is 1.69. The van der Waals surface area contributed by atoms with Gasteiger partial charge in [-0.15, -0.1) is 0 Å². The van der Waals surface area contributed by atoms with Crippen LogP contribution in [0.4, 0.5) is 0 Å². The Morgan fingerprint density at radius 3 is 2.76 bits per heavy atom. The van der Waals surface area contributed by atoms with Gasteiger partial charge in [0, 0.05) is 31.7 Å². The summed E-state index contributed by atoms with van der Waals surface area (Å²) < 4.78 is 5.69. The number of rotatable bonds is 5. The fraction of sp³-hybridized carbons (Fsp3) is 0.562. The Bertz CT molecular complexity index is 468. The van der Waals surface area contributed by atoms with Gasteiger partial charge < -0.3 is 15.2 Å². The minimum Gasteiger partial charge on any atom is -0.508 e. The van der Waals surface area contributed by atoms with Crippen LogP contribution in [0, 0.1) is 0 Å². The lowest BCUT2D eigenvalue weighted by Crippen LogP contribution is -2.46. The number of nitrogens with zero attached hydrogens (tertiary/aromatic N) is 1. The first-order chi connectivity index (χ1) is 10.0. The SMILES string of the molecule is C[C@@H]1CN(CCCNC(=O)c2cccc(O)c2)C[C@H](C)O1. The third-order valence-electron chi connectivity index (χ3n) is 3.54. The van der Waals surface area contributed by atoms with Crippen molar-refractivity contribution in [1.29, 1.82) is 0 Å². The van der Waals surface area contributed by atoms with Gasteiger partial charge in [-0.25, -0.2) is 0 Å². The highest BCUT2D eigenvalue weighted by Gasteiger charge is 2.21. The first kappa shape index (κ1) is 15.8. The van der Waals surface area contributed by atoms with Crippen molar-refractivity contribution in [2.75, 3.05) is 26.2 Å². The van der Waals surface area contributed by atoms with Gasteiger partial charge in [0.15, 0.2) is 0 Å². The Kier molecular flexibility index (Phi) is 5.59. The van der Waals surface area contributed by atoms with Crippen molar-refractivity contribution in [3.63, 3.8) is 0 Å². The summed E-state index contributed by atoms with van der Waals surface area (Å²) in [6, 6.07) is 6.39. The maximum absolute atomic E-state index is 11.9. The summed E-state index contributed by atoms with van der Waals surface area (Å²) in [7, 11) is 0. The first-order valence-electron chi connectivity index (χ1n) is 7.49. The molecule has 5 nitrogen and oxygen atoms in total. The molecule has 0 bridgehead atoms. The number of benzene rings is 1. The number of aromatic hydroxyl groups is 1. The van der Waals surface area contributed by atoms with E-state index < -0.39 is 0 Å². The van der Waals surface area contributed by atoms with E-state index in [0.717, 1.165) is 26.1 Å². The van der Waals surface area contributed by atoms with Crippen molar-refractivity contribution in [2.24, 2.45) is 0 Å². The quantitative estimate of drug-likeness (QED) is 0.810. The summed E-state index contributed by atoms with van der Waals surface area (Å²) >= 11 is 0. The zero-order valence-electron chi connectivity index (χ0n) is 12.7. The number of amides is 1. The Morgan fingerprint density at radius 1 is 1.38 bits per heavy atom. The highest BCUT2D eigenvalue weighted by atomic mass is 16.5. The van der Waals surface area contributed by atoms with Crippen molar-refractivity contribution < 1.29 is 14.6 Å². The fourth-order valence-corrected chi connectivity index (χ4v) is 2.72. The van der Waals surface area contributed by atoms with E-state index in [4.69, 9.17) is 4.74 Å². The lowest BCUT2D eigenvalue weighted by atomic mass is 10.2. The molecule has 2 rings (SSSR count). The summed E-state index contributed by atoms with van der Waals surface area (Å²) in [5.74, 6) is -0.0337. The van der Waals surface area contributed by atoms with Gasteiger partial charge in [0.25, 0.3) is 5.91 Å². The van der Waals surface area contributed by atoms with E-state index in [1.54, 1.807) is 18.2 Å². The van der Waals surface area contributed by atoms with Gasteiger partial charge in [-0.05, 0) is 38.5 Å². The average molecular weight is 292 g/mol. The van der Waals surface area contributed by atoms with Crippen LogP contribution in [0.25, 0.3) is 0 Å². The summed E-state index contributed by atoms with van der Waals surface area (Å²) in [5.41, 5.74) is 0.489. The molecule has 0 saturated carbocycles. The average Bonchev–Trinajstić information content (AvgIpc) is 2.42. The van der Waals surface area contributed by atoms with Crippen molar-refractivity contribution in [3.05, 3.63) is 29.8 Å². The lowest BCUT2D eigenvalue weighted by molar-refractivity contribution is -0.0679. The van der Waals surface area contributed by atoms with Crippen molar-refractivity contribution in [3.8, 4) is 5.75 Å². The van der Waals surface area contributed by atoms with E-state index in [1.165, 1.54) is 6.07 Å². The number of carbonyl (C=O) groups is 1. The zero-order valence-corrected chi connectivity index (χ0v) is 12.7. The van der Waals surface area contributed by atoms with E-state index in [2.05, 4.69) is 24.1 Å². The molecule has 0 spiro atoms. The van der Waals surface area contributed by atoms with Crippen molar-refractivity contribution in [2.45, 2.75) is 32.5 Å². The molecular weight excluding hydrogens is 268 g/mol.